The summed E-state index contributed by atoms with van der Waals surface area (Å²) in [7, 11) is -4.00. The molecule has 0 heterocycles. The lowest BCUT2D eigenvalue weighted by atomic mass is 10.0. The van der Waals surface area contributed by atoms with E-state index in [4.69, 9.17) is 8.37 Å². The molecule has 0 aliphatic rings. The highest BCUT2D eigenvalue weighted by Crippen LogP contribution is 2.16. The molecule has 0 rings (SSSR count). The van der Waals surface area contributed by atoms with Crippen LogP contribution in [-0.2, 0) is 18.8 Å². The van der Waals surface area contributed by atoms with E-state index in [0.29, 0.717) is 0 Å². The molecular weight excluding hydrogens is 601 g/mol. The first-order valence-electron chi connectivity index (χ1n) is 21.0. The summed E-state index contributed by atoms with van der Waals surface area (Å²) >= 11 is 0. The summed E-state index contributed by atoms with van der Waals surface area (Å²) in [6.07, 6.45) is 54.0. The molecule has 0 amide bonds. The molecule has 47 heavy (non-hydrogen) atoms. The summed E-state index contributed by atoms with van der Waals surface area (Å²) in [5.41, 5.74) is 0. The highest BCUT2D eigenvalue weighted by Gasteiger charge is 2.07. The van der Waals surface area contributed by atoms with Crippen LogP contribution in [0.5, 0.6) is 0 Å². The monoisotopic (exact) mass is 683 g/mol. The summed E-state index contributed by atoms with van der Waals surface area (Å²) in [6, 6.07) is 0. The Kier molecular flexibility index (Phi) is 38.7. The Labute approximate surface area is 296 Å². The van der Waals surface area contributed by atoms with E-state index < -0.39 is 10.4 Å². The molecule has 5 heteroatoms. The Hall–Kier alpha value is -0.970. The molecule has 0 aliphatic heterocycles. The van der Waals surface area contributed by atoms with Gasteiger partial charge in [-0.25, -0.2) is 0 Å². The van der Waals surface area contributed by atoms with E-state index in [2.05, 4.69) is 13.8 Å². The van der Waals surface area contributed by atoms with Gasteiger partial charge >= 0.3 is 10.4 Å². The van der Waals surface area contributed by atoms with Crippen molar-refractivity contribution in [2.45, 2.75) is 245 Å². The van der Waals surface area contributed by atoms with Gasteiger partial charge in [-0.2, -0.15) is 0 Å². The van der Waals surface area contributed by atoms with Gasteiger partial charge in [-0.15, -0.1) is 8.42 Å². The molecule has 0 radical (unpaired) electrons. The predicted octanol–water partition coefficient (Wildman–Crippen LogP) is 15.4. The van der Waals surface area contributed by atoms with Crippen molar-refractivity contribution in [3.63, 3.8) is 0 Å². The van der Waals surface area contributed by atoms with Gasteiger partial charge in [-0.05, 0) is 37.8 Å². The molecule has 4 nitrogen and oxygen atoms in total. The maximum absolute atomic E-state index is 11.9. The third-order valence-corrected chi connectivity index (χ3v) is 10.2. The molecule has 280 valence electrons. The highest BCUT2D eigenvalue weighted by atomic mass is 32.3. The van der Waals surface area contributed by atoms with Crippen LogP contribution in [0.25, 0.3) is 0 Å². The van der Waals surface area contributed by atoms with Crippen molar-refractivity contribution in [3.8, 4) is 0 Å². The van der Waals surface area contributed by atoms with E-state index in [1.54, 1.807) is 12.2 Å². The maximum Gasteiger partial charge on any atom is 0.499 e. The second-order valence-electron chi connectivity index (χ2n) is 14.2. The lowest BCUT2D eigenvalue weighted by Crippen LogP contribution is -2.02. The van der Waals surface area contributed by atoms with Crippen molar-refractivity contribution in [2.75, 3.05) is 0 Å². The van der Waals surface area contributed by atoms with Gasteiger partial charge in [0.15, 0.2) is 0 Å². The Morgan fingerprint density at radius 1 is 0.319 bits per heavy atom. The maximum atomic E-state index is 11.9. The van der Waals surface area contributed by atoms with Crippen molar-refractivity contribution < 1.29 is 16.8 Å². The molecule has 0 fully saturated rings. The highest BCUT2D eigenvalue weighted by molar-refractivity contribution is 7.82. The van der Waals surface area contributed by atoms with Crippen molar-refractivity contribution in [2.24, 2.45) is 0 Å². The number of hydrogen-bond donors (Lipinski definition) is 0. The van der Waals surface area contributed by atoms with Gasteiger partial charge in [0.05, 0.1) is 0 Å². The van der Waals surface area contributed by atoms with E-state index in [9.17, 15) is 8.42 Å². The zero-order chi connectivity index (χ0) is 34.2. The molecule has 0 spiro atoms. The molecule has 0 N–H and O–H groups in total. The molecule has 0 aromatic heterocycles. The van der Waals surface area contributed by atoms with Crippen molar-refractivity contribution >= 4 is 10.4 Å². The molecule has 0 aromatic rings. The van der Waals surface area contributed by atoms with Crippen LogP contribution in [-0.4, -0.2) is 8.42 Å². The number of hydrogen-bond acceptors (Lipinski definition) is 4. The van der Waals surface area contributed by atoms with Crippen LogP contribution in [0.1, 0.15) is 245 Å². The zero-order valence-electron chi connectivity index (χ0n) is 31.8. The third kappa shape index (κ3) is 41.1. The summed E-state index contributed by atoms with van der Waals surface area (Å²) < 4.78 is 33.4. The number of rotatable bonds is 40. The molecule has 0 atom stereocenters. The van der Waals surface area contributed by atoms with Crippen molar-refractivity contribution in [1.29, 1.82) is 0 Å². The first-order chi connectivity index (χ1) is 23.1. The molecule has 0 unspecified atom stereocenters. The Balaban J connectivity index is 3.38. The van der Waals surface area contributed by atoms with Gasteiger partial charge in [0, 0.05) is 0 Å². The summed E-state index contributed by atoms with van der Waals surface area (Å²) in [5, 5.41) is 0. The average Bonchev–Trinajstić information content (AvgIpc) is 3.06. The first-order valence-corrected chi connectivity index (χ1v) is 22.4. The van der Waals surface area contributed by atoms with Crippen LogP contribution in [0.2, 0.25) is 0 Å². The molecule has 0 aromatic carbocycles. The molecule has 0 aliphatic carbocycles. The SMILES string of the molecule is CCCCCCCCCCCCCCCCCCC/C=C/OS(=O)(=O)O/C=C/CCCCCCCCCCCCCCCCCCC. The fraction of sp³-hybridized carbons (Fsp3) is 0.905. The van der Waals surface area contributed by atoms with Gasteiger partial charge in [-0.1, -0.05) is 219 Å². The van der Waals surface area contributed by atoms with Crippen LogP contribution in [0.4, 0.5) is 0 Å². The van der Waals surface area contributed by atoms with Gasteiger partial charge < -0.3 is 8.37 Å². The smallest absolute Gasteiger partial charge is 0.361 e. The summed E-state index contributed by atoms with van der Waals surface area (Å²) in [6.45, 7) is 4.57. The summed E-state index contributed by atoms with van der Waals surface area (Å²) in [4.78, 5) is 0. The zero-order valence-corrected chi connectivity index (χ0v) is 32.6. The third-order valence-electron chi connectivity index (χ3n) is 9.49. The standard InChI is InChI=1S/C42H82O4S/c1-3-5-7-9-11-13-15-17-19-21-23-25-27-29-31-33-35-37-39-41-45-47(43,44)46-42-40-38-36-34-32-30-28-26-24-22-20-18-16-14-12-10-8-6-4-2/h39-42H,3-38H2,1-2H3/b41-39+,42-40+. The van der Waals surface area contributed by atoms with Crippen LogP contribution >= 0.6 is 0 Å². The Morgan fingerprint density at radius 2 is 0.511 bits per heavy atom. The number of allylic oxidation sites excluding steroid dienone is 2. The predicted molar refractivity (Wildman–Crippen MR) is 207 cm³/mol. The van der Waals surface area contributed by atoms with Crippen LogP contribution in [0.3, 0.4) is 0 Å². The Bertz CT molecular complexity index is 690. The molecule has 0 saturated carbocycles. The lowest BCUT2D eigenvalue weighted by molar-refractivity contribution is 0.334. The Morgan fingerprint density at radius 3 is 0.723 bits per heavy atom. The molecular formula is C42H82O4S. The van der Waals surface area contributed by atoms with Crippen LogP contribution in [0.15, 0.2) is 24.7 Å². The van der Waals surface area contributed by atoms with Crippen LogP contribution in [0, 0.1) is 0 Å². The lowest BCUT2D eigenvalue weighted by Gasteiger charge is -2.03. The fourth-order valence-electron chi connectivity index (χ4n) is 6.35. The second kappa shape index (κ2) is 39.5. The van der Waals surface area contributed by atoms with E-state index in [-0.39, 0.29) is 0 Å². The second-order valence-corrected chi connectivity index (χ2v) is 15.4. The van der Waals surface area contributed by atoms with Crippen molar-refractivity contribution in [3.05, 3.63) is 24.7 Å². The summed E-state index contributed by atoms with van der Waals surface area (Å²) in [5.74, 6) is 0. The van der Waals surface area contributed by atoms with Gasteiger partial charge in [-0.3, -0.25) is 0 Å². The normalized spacial score (nSPS) is 12.1. The van der Waals surface area contributed by atoms with E-state index in [1.165, 1.54) is 218 Å². The van der Waals surface area contributed by atoms with Crippen LogP contribution < -0.4 is 0 Å². The minimum absolute atomic E-state index is 0.837. The fourth-order valence-corrected chi connectivity index (χ4v) is 6.82. The minimum Gasteiger partial charge on any atom is -0.361 e. The number of unbranched alkanes of at least 4 members (excludes halogenated alkanes) is 34. The van der Waals surface area contributed by atoms with E-state index >= 15 is 0 Å². The van der Waals surface area contributed by atoms with E-state index in [0.717, 1.165) is 25.7 Å². The molecule has 0 saturated heterocycles. The average molecular weight is 683 g/mol. The minimum atomic E-state index is -4.00. The first kappa shape index (κ1) is 46.0. The quantitative estimate of drug-likeness (QED) is 0.0477. The van der Waals surface area contributed by atoms with Gasteiger partial charge in [0.2, 0.25) is 0 Å². The molecule has 0 bridgehead atoms. The van der Waals surface area contributed by atoms with Crippen molar-refractivity contribution in [1.82, 2.24) is 0 Å². The topological polar surface area (TPSA) is 52.6 Å². The van der Waals surface area contributed by atoms with E-state index in [1.807, 2.05) is 0 Å². The van der Waals surface area contributed by atoms with Gasteiger partial charge in [0.1, 0.15) is 12.5 Å². The van der Waals surface area contributed by atoms with Gasteiger partial charge in [0.25, 0.3) is 0 Å². The largest absolute Gasteiger partial charge is 0.499 e.